The van der Waals surface area contributed by atoms with Crippen LogP contribution in [0.5, 0.6) is 17.2 Å². The summed E-state index contributed by atoms with van der Waals surface area (Å²) < 4.78 is 0. The van der Waals surface area contributed by atoms with Crippen molar-refractivity contribution in [2.45, 2.75) is 52.4 Å². The fourth-order valence-corrected chi connectivity index (χ4v) is 5.05. The van der Waals surface area contributed by atoms with E-state index in [0.29, 0.717) is 19.3 Å². The third-order valence-corrected chi connectivity index (χ3v) is 6.36. The van der Waals surface area contributed by atoms with Gasteiger partial charge in [-0.05, 0) is 117 Å². The summed E-state index contributed by atoms with van der Waals surface area (Å²) >= 11 is 0. The van der Waals surface area contributed by atoms with Gasteiger partial charge in [0.25, 0.3) is 0 Å². The summed E-state index contributed by atoms with van der Waals surface area (Å²) in [7, 11) is 0. The van der Waals surface area contributed by atoms with E-state index in [2.05, 4.69) is 26.7 Å². The van der Waals surface area contributed by atoms with Crippen molar-refractivity contribution in [2.75, 3.05) is 0 Å². The average Bonchev–Trinajstić information content (AvgIpc) is 2.72. The van der Waals surface area contributed by atoms with Crippen LogP contribution in [-0.4, -0.2) is 15.3 Å². The Hall–Kier alpha value is -3.72. The molecule has 0 atom stereocenters. The second-order valence-electron chi connectivity index (χ2n) is 10.1. The van der Waals surface area contributed by atoms with E-state index in [1.807, 2.05) is 39.0 Å². The first-order valence-corrected chi connectivity index (χ1v) is 11.8. The Morgan fingerprint density at radius 3 is 1.06 bits per heavy atom. The van der Waals surface area contributed by atoms with E-state index in [1.54, 1.807) is 36.4 Å². The molecule has 0 aromatic heterocycles. The minimum atomic E-state index is -0.671. The molecule has 0 bridgehead atoms. The fourth-order valence-electron chi connectivity index (χ4n) is 5.05. The van der Waals surface area contributed by atoms with E-state index in [1.165, 1.54) is 0 Å². The van der Waals surface area contributed by atoms with Gasteiger partial charge in [0.2, 0.25) is 0 Å². The van der Waals surface area contributed by atoms with Gasteiger partial charge in [-0.25, -0.2) is 0 Å². The summed E-state index contributed by atoms with van der Waals surface area (Å²) in [5.41, 5.74) is 8.30. The molecule has 3 aromatic carbocycles. The van der Waals surface area contributed by atoms with Gasteiger partial charge in [-0.3, -0.25) is 0 Å². The van der Waals surface area contributed by atoms with Crippen LogP contribution in [0.2, 0.25) is 0 Å². The van der Waals surface area contributed by atoms with Crippen molar-refractivity contribution in [2.24, 2.45) is 0 Å². The largest absolute Gasteiger partial charge is 0.508 e. The molecular formula is C32H36O3. The van der Waals surface area contributed by atoms with Crippen LogP contribution in [0.25, 0.3) is 0 Å². The van der Waals surface area contributed by atoms with Crippen LogP contribution in [0.3, 0.4) is 0 Å². The lowest BCUT2D eigenvalue weighted by atomic mass is 9.65. The highest BCUT2D eigenvalue weighted by Crippen LogP contribution is 2.46. The van der Waals surface area contributed by atoms with Gasteiger partial charge in [-0.15, -0.1) is 0 Å². The lowest BCUT2D eigenvalue weighted by molar-refractivity contribution is 0.473. The molecule has 3 heteroatoms. The second-order valence-corrected chi connectivity index (χ2v) is 10.1. The van der Waals surface area contributed by atoms with Crippen molar-refractivity contribution in [3.05, 3.63) is 124 Å². The molecule has 0 amide bonds. The maximum absolute atomic E-state index is 10.4. The normalized spacial score (nSPS) is 11.3. The molecule has 0 saturated carbocycles. The molecule has 0 unspecified atom stereocenters. The van der Waals surface area contributed by atoms with Crippen LogP contribution in [0.1, 0.15) is 61.1 Å². The smallest absolute Gasteiger partial charge is 0.115 e. The Morgan fingerprint density at radius 2 is 0.829 bits per heavy atom. The zero-order valence-corrected chi connectivity index (χ0v) is 21.3. The number of hydrogen-bond donors (Lipinski definition) is 3. The molecule has 0 heterocycles. The van der Waals surface area contributed by atoms with Crippen molar-refractivity contribution >= 4 is 0 Å². The quantitative estimate of drug-likeness (QED) is 0.225. The van der Waals surface area contributed by atoms with Gasteiger partial charge in [0, 0.05) is 5.41 Å². The third kappa shape index (κ3) is 5.68. The van der Waals surface area contributed by atoms with Crippen molar-refractivity contribution in [1.29, 1.82) is 0 Å². The van der Waals surface area contributed by atoms with E-state index in [9.17, 15) is 15.3 Å². The summed E-state index contributed by atoms with van der Waals surface area (Å²) in [4.78, 5) is 0. The number of hydrogen-bond acceptors (Lipinski definition) is 3. The number of phenolic OH excluding ortho intramolecular Hbond substituents is 3. The highest BCUT2D eigenvalue weighted by molar-refractivity contribution is 5.60. The van der Waals surface area contributed by atoms with Crippen molar-refractivity contribution in [1.82, 2.24) is 0 Å². The summed E-state index contributed by atoms with van der Waals surface area (Å²) in [6, 6.07) is 16.5. The fraction of sp³-hybridized carbons (Fsp3) is 0.250. The number of rotatable bonds is 9. The van der Waals surface area contributed by atoms with Crippen LogP contribution in [0.15, 0.2) is 91.1 Å². The first kappa shape index (κ1) is 25.9. The van der Waals surface area contributed by atoms with Gasteiger partial charge >= 0.3 is 0 Å². The number of benzene rings is 3. The summed E-state index contributed by atoms with van der Waals surface area (Å²) in [6.45, 7) is 20.4. The van der Waals surface area contributed by atoms with E-state index in [-0.39, 0.29) is 17.2 Å². The Labute approximate surface area is 209 Å². The highest BCUT2D eigenvalue weighted by Gasteiger charge is 2.37. The van der Waals surface area contributed by atoms with Crippen LogP contribution in [0, 0.1) is 0 Å². The number of phenols is 3. The molecule has 0 aliphatic heterocycles. The predicted octanol–water partition coefficient (Wildman–Crippen LogP) is 7.51. The maximum Gasteiger partial charge on any atom is 0.115 e. The van der Waals surface area contributed by atoms with E-state index in [0.717, 1.165) is 50.1 Å². The molecule has 0 aliphatic carbocycles. The van der Waals surface area contributed by atoms with Crippen molar-refractivity contribution in [3.8, 4) is 17.2 Å². The SMILES string of the molecule is C=C(C)Cc1cc(O)ccc1C(C)(c1ccc(O)cc1CC(=C)C)c1ccc(O)cc1CC(=C)C. The van der Waals surface area contributed by atoms with E-state index >= 15 is 0 Å². The maximum atomic E-state index is 10.4. The monoisotopic (exact) mass is 468 g/mol. The van der Waals surface area contributed by atoms with Gasteiger partial charge in [-0.1, -0.05) is 54.7 Å². The van der Waals surface area contributed by atoms with Crippen LogP contribution < -0.4 is 0 Å². The van der Waals surface area contributed by atoms with Gasteiger partial charge < -0.3 is 15.3 Å². The molecule has 3 aromatic rings. The lowest BCUT2D eigenvalue weighted by Gasteiger charge is -2.37. The molecule has 3 N–H and O–H groups in total. The second kappa shape index (κ2) is 10.3. The Morgan fingerprint density at radius 1 is 0.571 bits per heavy atom. The van der Waals surface area contributed by atoms with Crippen LogP contribution in [0.4, 0.5) is 0 Å². The van der Waals surface area contributed by atoms with Gasteiger partial charge in [0.05, 0.1) is 0 Å². The van der Waals surface area contributed by atoms with Gasteiger partial charge in [0.15, 0.2) is 0 Å². The first-order chi connectivity index (χ1) is 16.4. The molecule has 35 heavy (non-hydrogen) atoms. The zero-order chi connectivity index (χ0) is 25.9. The van der Waals surface area contributed by atoms with Gasteiger partial charge in [-0.2, -0.15) is 0 Å². The van der Waals surface area contributed by atoms with Crippen molar-refractivity contribution < 1.29 is 15.3 Å². The number of aromatic hydroxyl groups is 3. The molecule has 0 fully saturated rings. The standard InChI is InChI=1S/C32H36O3/c1-20(2)14-23-17-26(33)8-11-29(23)32(7,30-12-9-27(34)18-24(30)15-21(3)4)31-13-10-28(35)19-25(31)16-22(5)6/h8-13,17-19,33-35H,1,3,5,14-16H2,2,4,6-7H3. The predicted molar refractivity (Wildman–Crippen MR) is 145 cm³/mol. The molecule has 3 nitrogen and oxygen atoms in total. The van der Waals surface area contributed by atoms with Crippen LogP contribution in [-0.2, 0) is 24.7 Å². The molecule has 0 saturated heterocycles. The summed E-state index contributed by atoms with van der Waals surface area (Å²) in [6.07, 6.45) is 1.84. The summed E-state index contributed by atoms with van der Waals surface area (Å²) in [5.74, 6) is 0.606. The highest BCUT2D eigenvalue weighted by atomic mass is 16.3. The van der Waals surface area contributed by atoms with Gasteiger partial charge in [0.1, 0.15) is 17.2 Å². The molecule has 3 rings (SSSR count). The Bertz CT molecular complexity index is 1140. The minimum absolute atomic E-state index is 0.202. The van der Waals surface area contributed by atoms with Crippen molar-refractivity contribution in [3.63, 3.8) is 0 Å². The zero-order valence-electron chi connectivity index (χ0n) is 21.3. The van der Waals surface area contributed by atoms with E-state index < -0.39 is 5.41 Å². The molecule has 0 aliphatic rings. The third-order valence-electron chi connectivity index (χ3n) is 6.36. The average molecular weight is 469 g/mol. The summed E-state index contributed by atoms with van der Waals surface area (Å²) in [5, 5.41) is 31.1. The molecule has 0 radical (unpaired) electrons. The Kier molecular flexibility index (Phi) is 7.60. The van der Waals surface area contributed by atoms with E-state index in [4.69, 9.17) is 0 Å². The molecule has 182 valence electrons. The Balaban J connectivity index is 2.48. The topological polar surface area (TPSA) is 60.7 Å². The lowest BCUT2D eigenvalue weighted by Crippen LogP contribution is -2.30. The number of allylic oxidation sites excluding steroid dienone is 3. The van der Waals surface area contributed by atoms with Crippen LogP contribution >= 0.6 is 0 Å². The molecule has 0 spiro atoms. The molecular weight excluding hydrogens is 432 g/mol. The minimum Gasteiger partial charge on any atom is -0.508 e. The first-order valence-electron chi connectivity index (χ1n) is 11.8.